The van der Waals surface area contributed by atoms with Crippen molar-refractivity contribution >= 4 is 0 Å². The van der Waals surface area contributed by atoms with Crippen LogP contribution in [0, 0.1) is 6.92 Å². The summed E-state index contributed by atoms with van der Waals surface area (Å²) in [6.07, 6.45) is 3.99. The molecule has 32 heavy (non-hydrogen) atoms. The van der Waals surface area contributed by atoms with Crippen molar-refractivity contribution in [3.05, 3.63) is 76.9 Å². The molecule has 4 aromatic rings. The number of methoxy groups -OCH3 is 1. The van der Waals surface area contributed by atoms with Crippen LogP contribution in [0.1, 0.15) is 48.1 Å². The number of aryl methyl sites for hydroxylation is 2. The Balaban J connectivity index is 1.64. The smallest absolute Gasteiger partial charge is 0.205 e. The van der Waals surface area contributed by atoms with Gasteiger partial charge in [-0.2, -0.15) is 5.21 Å². The van der Waals surface area contributed by atoms with Gasteiger partial charge in [0, 0.05) is 30.4 Å². The van der Waals surface area contributed by atoms with Crippen LogP contribution in [0.2, 0.25) is 0 Å². The van der Waals surface area contributed by atoms with Gasteiger partial charge in [-0.1, -0.05) is 61.9 Å². The first-order valence-electron chi connectivity index (χ1n) is 11.0. The predicted molar refractivity (Wildman–Crippen MR) is 124 cm³/mol. The van der Waals surface area contributed by atoms with E-state index in [1.807, 2.05) is 25.1 Å². The lowest BCUT2D eigenvalue weighted by Gasteiger charge is -2.15. The van der Waals surface area contributed by atoms with Gasteiger partial charge in [-0.3, -0.25) is 0 Å². The molecule has 0 fully saturated rings. The number of rotatable bonds is 9. The highest BCUT2D eigenvalue weighted by Crippen LogP contribution is 2.30. The van der Waals surface area contributed by atoms with E-state index in [0.717, 1.165) is 59.6 Å². The molecular weight excluding hydrogens is 400 g/mol. The topological polar surface area (TPSA) is 89.5 Å². The van der Waals surface area contributed by atoms with Gasteiger partial charge in [-0.25, -0.2) is 9.97 Å². The van der Waals surface area contributed by atoms with E-state index in [0.29, 0.717) is 12.4 Å². The fourth-order valence-corrected chi connectivity index (χ4v) is 3.94. The third-order valence-electron chi connectivity index (χ3n) is 5.50. The number of unbranched alkanes of at least 4 members (excludes halogenated alkanes) is 1. The monoisotopic (exact) mass is 428 g/mol. The first kappa shape index (κ1) is 21.8. The standard InChI is InChI=1S/C25H28N6O/c1-4-5-10-23-22(24(16-32-3)27-17(2)26-23)15-18-11-13-19(14-12-18)20-8-6-7-9-21(20)25-28-30-31-29-25/h6-9,11-14H,4-5,10,15-16H2,1-3H3,(H,28,29,30,31). The van der Waals surface area contributed by atoms with E-state index < -0.39 is 0 Å². The van der Waals surface area contributed by atoms with Gasteiger partial charge in [-0.05, 0) is 41.7 Å². The number of hydrogen-bond donors (Lipinski definition) is 1. The number of ether oxygens (including phenoxy) is 1. The molecule has 0 amide bonds. The molecule has 2 aromatic heterocycles. The van der Waals surface area contributed by atoms with Crippen molar-refractivity contribution in [3.63, 3.8) is 0 Å². The maximum absolute atomic E-state index is 5.44. The third kappa shape index (κ3) is 4.89. The van der Waals surface area contributed by atoms with Crippen LogP contribution < -0.4 is 0 Å². The minimum Gasteiger partial charge on any atom is -0.378 e. The van der Waals surface area contributed by atoms with E-state index in [2.05, 4.69) is 62.9 Å². The van der Waals surface area contributed by atoms with Crippen molar-refractivity contribution in [1.29, 1.82) is 0 Å². The van der Waals surface area contributed by atoms with Crippen LogP contribution in [-0.2, 0) is 24.2 Å². The minimum atomic E-state index is 0.494. The first-order valence-corrected chi connectivity index (χ1v) is 11.0. The first-order chi connectivity index (χ1) is 15.7. The summed E-state index contributed by atoms with van der Waals surface area (Å²) in [6, 6.07) is 16.7. The summed E-state index contributed by atoms with van der Waals surface area (Å²) in [4.78, 5) is 9.44. The zero-order valence-corrected chi connectivity index (χ0v) is 18.8. The van der Waals surface area contributed by atoms with Gasteiger partial charge in [0.15, 0.2) is 0 Å². The van der Waals surface area contributed by atoms with E-state index in [1.165, 1.54) is 11.1 Å². The number of nitrogens with one attached hydrogen (secondary N) is 1. The molecule has 0 bridgehead atoms. The van der Waals surface area contributed by atoms with Gasteiger partial charge in [0.05, 0.1) is 12.3 Å². The summed E-state index contributed by atoms with van der Waals surface area (Å²) in [5, 5.41) is 14.5. The van der Waals surface area contributed by atoms with Crippen LogP contribution in [0.5, 0.6) is 0 Å². The number of H-pyrrole nitrogens is 1. The number of nitrogens with zero attached hydrogens (tertiary/aromatic N) is 5. The Labute approximate surface area is 188 Å². The van der Waals surface area contributed by atoms with Crippen molar-refractivity contribution in [2.45, 2.75) is 46.1 Å². The Morgan fingerprint density at radius 3 is 2.38 bits per heavy atom. The highest BCUT2D eigenvalue weighted by molar-refractivity contribution is 5.80. The summed E-state index contributed by atoms with van der Waals surface area (Å²) in [6.45, 7) is 4.65. The fraction of sp³-hybridized carbons (Fsp3) is 0.320. The lowest BCUT2D eigenvalue weighted by atomic mass is 9.95. The minimum absolute atomic E-state index is 0.494. The molecule has 0 aliphatic carbocycles. The van der Waals surface area contributed by atoms with E-state index in [-0.39, 0.29) is 0 Å². The number of aromatic amines is 1. The molecule has 0 spiro atoms. The van der Waals surface area contributed by atoms with Crippen molar-refractivity contribution < 1.29 is 4.74 Å². The zero-order valence-electron chi connectivity index (χ0n) is 18.8. The second-order valence-electron chi connectivity index (χ2n) is 7.83. The van der Waals surface area contributed by atoms with Crippen LogP contribution in [0.4, 0.5) is 0 Å². The molecule has 4 rings (SSSR count). The van der Waals surface area contributed by atoms with Crippen LogP contribution in [0.3, 0.4) is 0 Å². The van der Waals surface area contributed by atoms with Crippen LogP contribution in [0.25, 0.3) is 22.5 Å². The van der Waals surface area contributed by atoms with E-state index >= 15 is 0 Å². The highest BCUT2D eigenvalue weighted by Gasteiger charge is 2.15. The van der Waals surface area contributed by atoms with Crippen molar-refractivity contribution in [2.24, 2.45) is 0 Å². The normalized spacial score (nSPS) is 11.1. The molecule has 0 aliphatic heterocycles. The quantitative estimate of drug-likeness (QED) is 0.415. The SMILES string of the molecule is CCCCc1nc(C)nc(COC)c1Cc1ccc(-c2ccccc2-c2nn[nH]n2)cc1. The van der Waals surface area contributed by atoms with Crippen LogP contribution >= 0.6 is 0 Å². The third-order valence-corrected chi connectivity index (χ3v) is 5.50. The Hall–Kier alpha value is -3.45. The number of benzene rings is 2. The number of hydrogen-bond acceptors (Lipinski definition) is 6. The summed E-state index contributed by atoms with van der Waals surface area (Å²) >= 11 is 0. The Morgan fingerprint density at radius 1 is 0.938 bits per heavy atom. The van der Waals surface area contributed by atoms with Gasteiger partial charge < -0.3 is 4.74 Å². The van der Waals surface area contributed by atoms with Gasteiger partial charge in [0.2, 0.25) is 5.82 Å². The molecule has 7 heteroatoms. The molecule has 2 aromatic carbocycles. The number of tetrazole rings is 1. The maximum atomic E-state index is 5.44. The van der Waals surface area contributed by atoms with E-state index in [4.69, 9.17) is 9.72 Å². The lowest BCUT2D eigenvalue weighted by molar-refractivity contribution is 0.180. The maximum Gasteiger partial charge on any atom is 0.205 e. The van der Waals surface area contributed by atoms with Gasteiger partial charge >= 0.3 is 0 Å². The second kappa shape index (κ2) is 10.2. The Bertz CT molecular complexity index is 1160. The molecule has 1 N–H and O–H groups in total. The van der Waals surface area contributed by atoms with E-state index in [9.17, 15) is 0 Å². The highest BCUT2D eigenvalue weighted by atomic mass is 16.5. The average Bonchev–Trinajstić information content (AvgIpc) is 3.35. The molecular formula is C25H28N6O. The predicted octanol–water partition coefficient (Wildman–Crippen LogP) is 4.71. The van der Waals surface area contributed by atoms with E-state index in [1.54, 1.807) is 7.11 Å². The van der Waals surface area contributed by atoms with Crippen LogP contribution in [0.15, 0.2) is 48.5 Å². The van der Waals surface area contributed by atoms with Gasteiger partial charge in [-0.15, -0.1) is 10.2 Å². The average molecular weight is 429 g/mol. The molecule has 0 saturated carbocycles. The molecule has 0 saturated heterocycles. The van der Waals surface area contributed by atoms with Crippen molar-refractivity contribution in [3.8, 4) is 22.5 Å². The summed E-state index contributed by atoms with van der Waals surface area (Å²) in [5.41, 5.74) is 7.65. The molecule has 0 unspecified atom stereocenters. The molecule has 0 aliphatic rings. The lowest BCUT2D eigenvalue weighted by Crippen LogP contribution is -2.10. The fourth-order valence-electron chi connectivity index (χ4n) is 3.94. The largest absolute Gasteiger partial charge is 0.378 e. The summed E-state index contributed by atoms with van der Waals surface area (Å²) in [7, 11) is 1.71. The summed E-state index contributed by atoms with van der Waals surface area (Å²) < 4.78 is 5.44. The molecule has 2 heterocycles. The van der Waals surface area contributed by atoms with Crippen LogP contribution in [-0.4, -0.2) is 37.7 Å². The molecule has 0 radical (unpaired) electrons. The van der Waals surface area contributed by atoms with Gasteiger partial charge in [0.1, 0.15) is 5.82 Å². The van der Waals surface area contributed by atoms with Crippen molar-refractivity contribution in [1.82, 2.24) is 30.6 Å². The Morgan fingerprint density at radius 2 is 1.69 bits per heavy atom. The molecule has 0 atom stereocenters. The zero-order chi connectivity index (χ0) is 22.3. The second-order valence-corrected chi connectivity index (χ2v) is 7.83. The van der Waals surface area contributed by atoms with Gasteiger partial charge in [0.25, 0.3) is 0 Å². The Kier molecular flexibility index (Phi) is 6.97. The van der Waals surface area contributed by atoms with Crippen molar-refractivity contribution in [2.75, 3.05) is 7.11 Å². The number of aromatic nitrogens is 6. The summed E-state index contributed by atoms with van der Waals surface area (Å²) in [5.74, 6) is 1.39. The molecule has 7 nitrogen and oxygen atoms in total. The molecule has 164 valence electrons.